The summed E-state index contributed by atoms with van der Waals surface area (Å²) in [5.41, 5.74) is 4.28. The first-order chi connectivity index (χ1) is 13.0. The lowest BCUT2D eigenvalue weighted by Gasteiger charge is -2.10. The molecule has 27 heavy (non-hydrogen) atoms. The van der Waals surface area contributed by atoms with Crippen molar-refractivity contribution in [3.05, 3.63) is 88.5 Å². The number of nitro groups is 1. The number of carbonyl (C=O) groups is 1. The Balaban J connectivity index is 1.57. The molecule has 0 radical (unpaired) electrons. The minimum absolute atomic E-state index is 0.00197. The highest BCUT2D eigenvalue weighted by Gasteiger charge is 2.10. The van der Waals surface area contributed by atoms with Gasteiger partial charge in [-0.2, -0.15) is 0 Å². The van der Waals surface area contributed by atoms with Gasteiger partial charge in [-0.1, -0.05) is 42.5 Å². The van der Waals surface area contributed by atoms with Crippen LogP contribution in [0.5, 0.6) is 0 Å². The molecule has 0 fully saturated rings. The van der Waals surface area contributed by atoms with Crippen LogP contribution in [0.15, 0.2) is 72.8 Å². The zero-order valence-electron chi connectivity index (χ0n) is 14.8. The van der Waals surface area contributed by atoms with Gasteiger partial charge in [-0.25, -0.2) is 0 Å². The SMILES string of the molecule is Cc1cc([N+](=O)[O-])ccc1NC(=O)CNc1ccc(-c2ccccc2)cc1. The summed E-state index contributed by atoms with van der Waals surface area (Å²) >= 11 is 0. The maximum Gasteiger partial charge on any atom is 0.269 e. The molecule has 6 nitrogen and oxygen atoms in total. The van der Waals surface area contributed by atoms with Crippen LogP contribution in [0.1, 0.15) is 5.56 Å². The Kier molecular flexibility index (Phi) is 5.47. The molecule has 0 saturated heterocycles. The lowest BCUT2D eigenvalue weighted by atomic mass is 10.1. The second kappa shape index (κ2) is 8.14. The van der Waals surface area contributed by atoms with Crippen molar-refractivity contribution >= 4 is 23.0 Å². The van der Waals surface area contributed by atoms with Crippen LogP contribution >= 0.6 is 0 Å². The van der Waals surface area contributed by atoms with Crippen LogP contribution in [0, 0.1) is 17.0 Å². The number of hydrogen-bond acceptors (Lipinski definition) is 4. The monoisotopic (exact) mass is 361 g/mol. The van der Waals surface area contributed by atoms with Crippen LogP contribution in [-0.4, -0.2) is 17.4 Å². The molecule has 0 saturated carbocycles. The van der Waals surface area contributed by atoms with Gasteiger partial charge in [0.2, 0.25) is 5.91 Å². The highest BCUT2D eigenvalue weighted by molar-refractivity contribution is 5.94. The Morgan fingerprint density at radius 2 is 1.63 bits per heavy atom. The van der Waals surface area contributed by atoms with Gasteiger partial charge in [-0.15, -0.1) is 0 Å². The summed E-state index contributed by atoms with van der Waals surface area (Å²) in [6, 6.07) is 22.2. The number of benzene rings is 3. The number of nitrogens with zero attached hydrogens (tertiary/aromatic N) is 1. The molecule has 0 unspecified atom stereocenters. The number of aryl methyl sites for hydroxylation is 1. The van der Waals surface area contributed by atoms with Gasteiger partial charge in [-0.3, -0.25) is 14.9 Å². The van der Waals surface area contributed by atoms with Gasteiger partial charge in [0.15, 0.2) is 0 Å². The number of hydrogen-bond donors (Lipinski definition) is 2. The number of rotatable bonds is 6. The van der Waals surface area contributed by atoms with Crippen molar-refractivity contribution < 1.29 is 9.72 Å². The van der Waals surface area contributed by atoms with Crippen LogP contribution in [0.3, 0.4) is 0 Å². The minimum Gasteiger partial charge on any atom is -0.376 e. The minimum atomic E-state index is -0.459. The van der Waals surface area contributed by atoms with Crippen LogP contribution < -0.4 is 10.6 Å². The van der Waals surface area contributed by atoms with E-state index in [0.717, 1.165) is 16.8 Å². The smallest absolute Gasteiger partial charge is 0.269 e. The maximum atomic E-state index is 12.1. The lowest BCUT2D eigenvalue weighted by molar-refractivity contribution is -0.384. The molecule has 3 aromatic rings. The molecule has 0 atom stereocenters. The first-order valence-corrected chi connectivity index (χ1v) is 8.47. The first-order valence-electron chi connectivity index (χ1n) is 8.47. The number of carbonyl (C=O) groups excluding carboxylic acids is 1. The van der Waals surface area contributed by atoms with Crippen LogP contribution in [0.4, 0.5) is 17.1 Å². The van der Waals surface area contributed by atoms with Crippen molar-refractivity contribution in [1.82, 2.24) is 0 Å². The molecule has 0 heterocycles. The zero-order valence-corrected chi connectivity index (χ0v) is 14.8. The number of nitro benzene ring substituents is 1. The third-order valence-electron chi connectivity index (χ3n) is 4.14. The predicted octanol–water partition coefficient (Wildman–Crippen LogP) is 4.62. The van der Waals surface area contributed by atoms with Crippen molar-refractivity contribution in [2.45, 2.75) is 6.92 Å². The third-order valence-corrected chi connectivity index (χ3v) is 4.14. The van der Waals surface area contributed by atoms with Crippen LogP contribution in [0.25, 0.3) is 11.1 Å². The molecule has 1 amide bonds. The van der Waals surface area contributed by atoms with Gasteiger partial charge in [0.1, 0.15) is 0 Å². The topological polar surface area (TPSA) is 84.3 Å². The molecule has 2 N–H and O–H groups in total. The average Bonchev–Trinajstić information content (AvgIpc) is 2.69. The predicted molar refractivity (Wildman–Crippen MR) is 107 cm³/mol. The van der Waals surface area contributed by atoms with Crippen LogP contribution in [0.2, 0.25) is 0 Å². The molecule has 0 aliphatic rings. The molecule has 0 aromatic heterocycles. The fourth-order valence-electron chi connectivity index (χ4n) is 2.69. The average molecular weight is 361 g/mol. The summed E-state index contributed by atoms with van der Waals surface area (Å²) in [6.45, 7) is 1.82. The van der Waals surface area contributed by atoms with Crippen molar-refractivity contribution in [2.75, 3.05) is 17.2 Å². The molecular weight excluding hydrogens is 342 g/mol. The molecule has 6 heteroatoms. The number of amides is 1. The molecule has 136 valence electrons. The number of non-ortho nitro benzene ring substituents is 1. The Bertz CT molecular complexity index is 954. The molecule has 0 spiro atoms. The standard InChI is InChI=1S/C21H19N3O3/c1-15-13-19(24(26)27)11-12-20(15)23-21(25)14-22-18-9-7-17(8-10-18)16-5-3-2-4-6-16/h2-13,22H,14H2,1H3,(H,23,25). The normalized spacial score (nSPS) is 10.3. The van der Waals surface area contributed by atoms with Gasteiger partial charge in [0.05, 0.1) is 11.5 Å². The molecular formula is C21H19N3O3. The summed E-state index contributed by atoms with van der Waals surface area (Å²) in [5, 5.41) is 16.6. The molecule has 0 aliphatic carbocycles. The zero-order chi connectivity index (χ0) is 19.2. The van der Waals surface area contributed by atoms with E-state index in [4.69, 9.17) is 0 Å². The van der Waals surface area contributed by atoms with E-state index in [1.165, 1.54) is 12.1 Å². The fraction of sp³-hybridized carbons (Fsp3) is 0.0952. The van der Waals surface area contributed by atoms with E-state index >= 15 is 0 Å². The first kappa shape index (κ1) is 18.1. The Labute approximate surface area is 157 Å². The number of anilines is 2. The number of nitrogens with one attached hydrogen (secondary N) is 2. The van der Waals surface area contributed by atoms with Crippen molar-refractivity contribution in [3.8, 4) is 11.1 Å². The maximum absolute atomic E-state index is 12.1. The second-order valence-electron chi connectivity index (χ2n) is 6.10. The van der Waals surface area contributed by atoms with E-state index in [9.17, 15) is 14.9 Å². The Hall–Kier alpha value is -3.67. The highest BCUT2D eigenvalue weighted by Crippen LogP contribution is 2.22. The van der Waals surface area contributed by atoms with Crippen LogP contribution in [-0.2, 0) is 4.79 Å². The van der Waals surface area contributed by atoms with E-state index < -0.39 is 4.92 Å². The molecule has 3 aromatic carbocycles. The van der Waals surface area contributed by atoms with Gasteiger partial charge >= 0.3 is 0 Å². The van der Waals surface area contributed by atoms with Gasteiger partial charge in [-0.05, 0) is 41.8 Å². The summed E-state index contributed by atoms with van der Waals surface area (Å²) in [6.07, 6.45) is 0. The Morgan fingerprint density at radius 3 is 2.26 bits per heavy atom. The quantitative estimate of drug-likeness (QED) is 0.495. The van der Waals surface area contributed by atoms with E-state index in [1.54, 1.807) is 13.0 Å². The van der Waals surface area contributed by atoms with E-state index in [-0.39, 0.29) is 18.1 Å². The van der Waals surface area contributed by atoms with Gasteiger partial charge < -0.3 is 10.6 Å². The fourth-order valence-corrected chi connectivity index (χ4v) is 2.69. The largest absolute Gasteiger partial charge is 0.376 e. The summed E-state index contributed by atoms with van der Waals surface area (Å²) in [7, 11) is 0. The van der Waals surface area contributed by atoms with Crippen molar-refractivity contribution in [1.29, 1.82) is 0 Å². The van der Waals surface area contributed by atoms with Gasteiger partial charge in [0.25, 0.3) is 5.69 Å². The summed E-state index contributed by atoms with van der Waals surface area (Å²) in [4.78, 5) is 22.4. The van der Waals surface area contributed by atoms with Crippen molar-refractivity contribution in [3.63, 3.8) is 0 Å². The second-order valence-corrected chi connectivity index (χ2v) is 6.10. The van der Waals surface area contributed by atoms with E-state index in [1.807, 2.05) is 54.6 Å². The molecule has 0 bridgehead atoms. The van der Waals surface area contributed by atoms with Crippen molar-refractivity contribution in [2.24, 2.45) is 0 Å². The van der Waals surface area contributed by atoms with Gasteiger partial charge in [0, 0.05) is 23.5 Å². The lowest BCUT2D eigenvalue weighted by Crippen LogP contribution is -2.22. The molecule has 3 rings (SSSR count). The summed E-state index contributed by atoms with van der Waals surface area (Å²) in [5.74, 6) is -0.223. The third kappa shape index (κ3) is 4.70. The summed E-state index contributed by atoms with van der Waals surface area (Å²) < 4.78 is 0. The van der Waals surface area contributed by atoms with E-state index in [2.05, 4.69) is 10.6 Å². The van der Waals surface area contributed by atoms with E-state index in [0.29, 0.717) is 11.3 Å². The molecule has 0 aliphatic heterocycles. The highest BCUT2D eigenvalue weighted by atomic mass is 16.6. The Morgan fingerprint density at radius 1 is 0.963 bits per heavy atom.